The number of nitrogens with zero attached hydrogens (tertiary/aromatic N) is 2. The maximum atomic E-state index is 12.2. The number of likely N-dealkylation sites (tertiary alicyclic amines) is 1. The Hall–Kier alpha value is -1.36. The fourth-order valence-corrected chi connectivity index (χ4v) is 2.61. The Bertz CT molecular complexity index is 415. The van der Waals surface area contributed by atoms with Gasteiger partial charge in [0.15, 0.2) is 0 Å². The van der Waals surface area contributed by atoms with Crippen LogP contribution in [0.5, 0.6) is 0 Å². The lowest BCUT2D eigenvalue weighted by Crippen LogP contribution is -2.44. The van der Waals surface area contributed by atoms with Crippen molar-refractivity contribution in [1.82, 2.24) is 15.4 Å². The first-order valence-electron chi connectivity index (χ1n) is 5.72. The lowest BCUT2D eigenvalue weighted by Gasteiger charge is -2.31. The number of hydrogen-bond acceptors (Lipinski definition) is 4. The Morgan fingerprint density at radius 2 is 2.56 bits per heavy atom. The standard InChI is InChI=1S/C11H15N3O2/c1-7-4-10(16-13-7)11(15)14-3-2-8-5-9(14)6-12-8/h4,8-9,12H,2-3,5-6H2,1H3. The van der Waals surface area contributed by atoms with Gasteiger partial charge in [0.1, 0.15) is 0 Å². The second-order valence-corrected chi connectivity index (χ2v) is 4.61. The molecule has 1 aromatic heterocycles. The zero-order chi connectivity index (χ0) is 11.1. The molecule has 0 aromatic carbocycles. The van der Waals surface area contributed by atoms with Crippen LogP contribution in [0.15, 0.2) is 10.6 Å². The first-order chi connectivity index (χ1) is 7.74. The number of fused-ring (bicyclic) bond motifs is 2. The lowest BCUT2D eigenvalue weighted by atomic mass is 10.0. The number of nitrogens with one attached hydrogen (secondary N) is 1. The zero-order valence-electron chi connectivity index (χ0n) is 9.27. The number of carbonyl (C=O) groups excluding carboxylic acids is 1. The topological polar surface area (TPSA) is 58.4 Å². The molecule has 1 amide bonds. The third kappa shape index (κ3) is 1.51. The number of amides is 1. The van der Waals surface area contributed by atoms with Gasteiger partial charge >= 0.3 is 0 Å². The predicted octanol–water partition coefficient (Wildman–Crippen LogP) is 0.559. The number of piperidine rings is 1. The molecule has 0 saturated carbocycles. The SMILES string of the molecule is Cc1cc(C(=O)N2CCC3CC2CN3)on1. The molecule has 5 nitrogen and oxygen atoms in total. The van der Waals surface area contributed by atoms with E-state index in [-0.39, 0.29) is 5.91 Å². The van der Waals surface area contributed by atoms with E-state index in [1.54, 1.807) is 6.07 Å². The second-order valence-electron chi connectivity index (χ2n) is 4.61. The van der Waals surface area contributed by atoms with Crippen LogP contribution in [0.2, 0.25) is 0 Å². The van der Waals surface area contributed by atoms with Crippen LogP contribution in [0.25, 0.3) is 0 Å². The molecule has 0 radical (unpaired) electrons. The van der Waals surface area contributed by atoms with E-state index in [9.17, 15) is 4.79 Å². The smallest absolute Gasteiger partial charge is 0.292 e. The van der Waals surface area contributed by atoms with Crippen LogP contribution in [-0.4, -0.2) is 41.1 Å². The molecule has 2 fully saturated rings. The quantitative estimate of drug-likeness (QED) is 0.752. The first-order valence-corrected chi connectivity index (χ1v) is 5.72. The normalized spacial score (nSPS) is 28.4. The Morgan fingerprint density at radius 3 is 3.31 bits per heavy atom. The molecule has 2 atom stereocenters. The Labute approximate surface area is 93.8 Å². The van der Waals surface area contributed by atoms with Gasteiger partial charge in [0.05, 0.1) is 5.69 Å². The van der Waals surface area contributed by atoms with E-state index in [2.05, 4.69) is 10.5 Å². The molecule has 86 valence electrons. The van der Waals surface area contributed by atoms with Crippen LogP contribution in [0.3, 0.4) is 0 Å². The molecular weight excluding hydrogens is 206 g/mol. The van der Waals surface area contributed by atoms with Gasteiger partial charge in [-0.3, -0.25) is 4.79 Å². The third-order valence-electron chi connectivity index (χ3n) is 3.46. The van der Waals surface area contributed by atoms with Gasteiger partial charge in [0, 0.05) is 31.2 Å². The molecule has 3 rings (SSSR count). The zero-order valence-corrected chi connectivity index (χ0v) is 9.27. The number of hydrogen-bond donors (Lipinski definition) is 1. The number of carbonyl (C=O) groups is 1. The molecule has 3 heterocycles. The van der Waals surface area contributed by atoms with Crippen LogP contribution in [0, 0.1) is 6.92 Å². The van der Waals surface area contributed by atoms with Gasteiger partial charge in [-0.15, -0.1) is 0 Å². The van der Waals surface area contributed by atoms with Gasteiger partial charge in [-0.25, -0.2) is 0 Å². The van der Waals surface area contributed by atoms with Gasteiger partial charge in [-0.1, -0.05) is 5.16 Å². The fraction of sp³-hybridized carbons (Fsp3) is 0.636. The maximum Gasteiger partial charge on any atom is 0.292 e. The fourth-order valence-electron chi connectivity index (χ4n) is 2.61. The van der Waals surface area contributed by atoms with Gasteiger partial charge in [-0.05, 0) is 19.8 Å². The number of aryl methyl sites for hydroxylation is 1. The van der Waals surface area contributed by atoms with Crippen molar-refractivity contribution in [2.45, 2.75) is 31.8 Å². The molecule has 2 aliphatic heterocycles. The minimum Gasteiger partial charge on any atom is -0.351 e. The largest absolute Gasteiger partial charge is 0.351 e. The summed E-state index contributed by atoms with van der Waals surface area (Å²) in [7, 11) is 0. The Morgan fingerprint density at radius 1 is 1.69 bits per heavy atom. The van der Waals surface area contributed by atoms with Crippen LogP contribution in [0.4, 0.5) is 0 Å². The molecule has 1 aromatic rings. The molecule has 2 saturated heterocycles. The van der Waals surface area contributed by atoms with Gasteiger partial charge in [0.25, 0.3) is 5.91 Å². The minimum atomic E-state index is -0.0206. The summed E-state index contributed by atoms with van der Waals surface area (Å²) in [5.74, 6) is 0.343. The molecule has 5 heteroatoms. The Kier molecular flexibility index (Phi) is 2.21. The van der Waals surface area contributed by atoms with Gasteiger partial charge in [0.2, 0.25) is 5.76 Å². The van der Waals surface area contributed by atoms with Crippen LogP contribution >= 0.6 is 0 Å². The highest BCUT2D eigenvalue weighted by Gasteiger charge is 2.37. The lowest BCUT2D eigenvalue weighted by molar-refractivity contribution is 0.0615. The average Bonchev–Trinajstić information content (AvgIpc) is 2.86. The van der Waals surface area contributed by atoms with Crippen molar-refractivity contribution >= 4 is 5.91 Å². The second kappa shape index (κ2) is 3.59. The van der Waals surface area contributed by atoms with Crippen molar-refractivity contribution in [2.75, 3.05) is 13.1 Å². The van der Waals surface area contributed by atoms with E-state index in [4.69, 9.17) is 4.52 Å². The summed E-state index contributed by atoms with van der Waals surface area (Å²) in [5, 5.41) is 7.18. The summed E-state index contributed by atoms with van der Waals surface area (Å²) in [5.41, 5.74) is 0.753. The summed E-state index contributed by atoms with van der Waals surface area (Å²) in [6.45, 7) is 3.55. The van der Waals surface area contributed by atoms with Gasteiger partial charge < -0.3 is 14.7 Å². The van der Waals surface area contributed by atoms with E-state index >= 15 is 0 Å². The van der Waals surface area contributed by atoms with E-state index < -0.39 is 0 Å². The van der Waals surface area contributed by atoms with Crippen molar-refractivity contribution in [2.24, 2.45) is 0 Å². The van der Waals surface area contributed by atoms with Crippen molar-refractivity contribution in [1.29, 1.82) is 0 Å². The van der Waals surface area contributed by atoms with E-state index in [1.807, 2.05) is 11.8 Å². The molecule has 1 N–H and O–H groups in total. The molecule has 0 aliphatic carbocycles. The molecule has 2 bridgehead atoms. The van der Waals surface area contributed by atoms with Crippen LogP contribution in [-0.2, 0) is 0 Å². The Balaban J connectivity index is 1.79. The van der Waals surface area contributed by atoms with Gasteiger partial charge in [-0.2, -0.15) is 0 Å². The highest BCUT2D eigenvalue weighted by atomic mass is 16.5. The summed E-state index contributed by atoms with van der Waals surface area (Å²) < 4.78 is 5.02. The third-order valence-corrected chi connectivity index (χ3v) is 3.46. The number of aromatic nitrogens is 1. The summed E-state index contributed by atoms with van der Waals surface area (Å²) >= 11 is 0. The molecule has 2 unspecified atom stereocenters. The van der Waals surface area contributed by atoms with E-state index in [0.717, 1.165) is 31.6 Å². The average molecular weight is 221 g/mol. The van der Waals surface area contributed by atoms with E-state index in [0.29, 0.717) is 17.8 Å². The first kappa shape index (κ1) is 9.84. The monoisotopic (exact) mass is 221 g/mol. The highest BCUT2D eigenvalue weighted by molar-refractivity contribution is 5.91. The molecule has 16 heavy (non-hydrogen) atoms. The number of rotatable bonds is 1. The summed E-state index contributed by atoms with van der Waals surface area (Å²) in [6.07, 6.45) is 2.11. The summed E-state index contributed by atoms with van der Waals surface area (Å²) in [6, 6.07) is 2.64. The molecule has 0 spiro atoms. The van der Waals surface area contributed by atoms with Crippen LogP contribution < -0.4 is 5.32 Å². The summed E-state index contributed by atoms with van der Waals surface area (Å²) in [4.78, 5) is 14.1. The molecule has 2 aliphatic rings. The van der Waals surface area contributed by atoms with Crippen molar-refractivity contribution in [3.05, 3.63) is 17.5 Å². The predicted molar refractivity (Wildman–Crippen MR) is 57.1 cm³/mol. The van der Waals surface area contributed by atoms with Crippen molar-refractivity contribution in [3.8, 4) is 0 Å². The van der Waals surface area contributed by atoms with E-state index in [1.165, 1.54) is 0 Å². The van der Waals surface area contributed by atoms with Crippen molar-refractivity contribution < 1.29 is 9.32 Å². The van der Waals surface area contributed by atoms with Crippen LogP contribution in [0.1, 0.15) is 29.1 Å². The maximum absolute atomic E-state index is 12.2. The minimum absolute atomic E-state index is 0.0206. The highest BCUT2D eigenvalue weighted by Crippen LogP contribution is 2.24. The molecular formula is C11H15N3O2. The van der Waals surface area contributed by atoms with Crippen molar-refractivity contribution in [3.63, 3.8) is 0 Å².